The van der Waals surface area contributed by atoms with Gasteiger partial charge < -0.3 is 19.9 Å². The molecule has 11 nitrogen and oxygen atoms in total. The number of hydrogen-bond acceptors (Lipinski definition) is 7. The summed E-state index contributed by atoms with van der Waals surface area (Å²) in [6.07, 6.45) is 2.81. The van der Waals surface area contributed by atoms with Gasteiger partial charge in [0.1, 0.15) is 17.5 Å². The Morgan fingerprint density at radius 2 is 1.67 bits per heavy atom. The van der Waals surface area contributed by atoms with Gasteiger partial charge in [-0.3, -0.25) is 14.6 Å². The number of aromatic nitrogens is 1. The summed E-state index contributed by atoms with van der Waals surface area (Å²) in [6.45, 7) is 4.03. The van der Waals surface area contributed by atoms with Crippen LogP contribution < -0.4 is 19.5 Å². The third-order valence-corrected chi connectivity index (χ3v) is 8.52. The lowest BCUT2D eigenvalue weighted by Crippen LogP contribution is -2.50. The van der Waals surface area contributed by atoms with Gasteiger partial charge in [0.05, 0.1) is 29.8 Å². The highest BCUT2D eigenvalue weighted by Gasteiger charge is 2.30. The van der Waals surface area contributed by atoms with Crippen molar-refractivity contribution in [3.05, 3.63) is 81.6 Å². The number of anilines is 1. The first-order chi connectivity index (χ1) is 20.3. The molecule has 1 unspecified atom stereocenters. The second-order valence-corrected chi connectivity index (χ2v) is 12.5. The molecule has 1 atom stereocenters. The number of benzene rings is 2. The van der Waals surface area contributed by atoms with Crippen LogP contribution in [0.4, 0.5) is 5.69 Å². The average molecular weight is 654 g/mol. The first-order valence-electron chi connectivity index (χ1n) is 13.2. The molecule has 232 valence electrons. The Bertz CT molecular complexity index is 1520. The average Bonchev–Trinajstić information content (AvgIpc) is 2.95. The van der Waals surface area contributed by atoms with Crippen molar-refractivity contribution in [3.63, 3.8) is 0 Å². The maximum absolute atomic E-state index is 13.4. The zero-order valence-corrected chi connectivity index (χ0v) is 26.5. The summed E-state index contributed by atoms with van der Waals surface area (Å²) in [5.41, 5.74) is 1.79. The minimum absolute atomic E-state index is 0.0164. The lowest BCUT2D eigenvalue weighted by atomic mass is 10.1. The molecule has 0 aliphatic carbocycles. The second kappa shape index (κ2) is 15.3. The molecular weight excluding hydrogens is 619 g/mol. The van der Waals surface area contributed by atoms with Gasteiger partial charge in [-0.15, -0.1) is 0 Å². The Kier molecular flexibility index (Phi) is 12.2. The lowest BCUT2D eigenvalue weighted by molar-refractivity contribution is -0.138. The number of rotatable bonds is 15. The van der Waals surface area contributed by atoms with E-state index in [1.165, 1.54) is 23.8 Å². The van der Waals surface area contributed by atoms with Gasteiger partial charge in [0.15, 0.2) is 0 Å². The van der Waals surface area contributed by atoms with E-state index in [0.717, 1.165) is 5.56 Å². The Balaban J connectivity index is 1.72. The van der Waals surface area contributed by atoms with Gasteiger partial charge >= 0.3 is 5.97 Å². The Labute approximate surface area is 261 Å². The van der Waals surface area contributed by atoms with Crippen molar-refractivity contribution in [2.75, 3.05) is 32.6 Å². The van der Waals surface area contributed by atoms with Gasteiger partial charge in [0.2, 0.25) is 0 Å². The molecule has 43 heavy (non-hydrogen) atoms. The zero-order chi connectivity index (χ0) is 31.7. The van der Waals surface area contributed by atoms with Crippen molar-refractivity contribution in [2.45, 2.75) is 32.7 Å². The summed E-state index contributed by atoms with van der Waals surface area (Å²) in [5, 5.41) is 12.7. The van der Waals surface area contributed by atoms with Gasteiger partial charge in [-0.25, -0.2) is 0 Å². The Morgan fingerprint density at radius 1 is 1.02 bits per heavy atom. The van der Waals surface area contributed by atoms with E-state index in [4.69, 9.17) is 32.7 Å². The van der Waals surface area contributed by atoms with Crippen LogP contribution >= 0.6 is 23.2 Å². The number of carboxylic acid groups (broad SMARTS) is 1. The normalized spacial score (nSPS) is 12.3. The number of pyridine rings is 1. The van der Waals surface area contributed by atoms with Crippen LogP contribution in [0.15, 0.2) is 54.9 Å². The molecule has 1 amide bonds. The van der Waals surface area contributed by atoms with Crippen molar-refractivity contribution in [3.8, 4) is 11.5 Å². The second-order valence-electron chi connectivity index (χ2n) is 10.0. The van der Waals surface area contributed by atoms with Gasteiger partial charge in [0.25, 0.3) is 16.1 Å². The highest BCUT2D eigenvalue weighted by Crippen LogP contribution is 2.26. The number of amides is 1. The summed E-state index contributed by atoms with van der Waals surface area (Å²) >= 11 is 12.1. The van der Waals surface area contributed by atoms with E-state index in [1.54, 1.807) is 49.6 Å². The van der Waals surface area contributed by atoms with E-state index < -0.39 is 28.1 Å². The Hall–Kier alpha value is -3.42. The van der Waals surface area contributed by atoms with E-state index in [2.05, 4.69) is 15.0 Å². The number of methoxy groups -OCH3 is 2. The van der Waals surface area contributed by atoms with Gasteiger partial charge in [-0.1, -0.05) is 55.2 Å². The smallest absolute Gasteiger partial charge is 0.322 e. The first kappa shape index (κ1) is 34.1. The third kappa shape index (κ3) is 9.54. The maximum atomic E-state index is 13.4. The molecule has 0 radical (unpaired) electrons. The number of hydrogen-bond donors (Lipinski definition) is 3. The predicted molar refractivity (Wildman–Crippen MR) is 165 cm³/mol. The summed E-state index contributed by atoms with van der Waals surface area (Å²) in [5.74, 6) is -0.722. The molecular formula is C29H34Cl2N4O7S. The largest absolute Gasteiger partial charge is 0.497 e. The van der Waals surface area contributed by atoms with Crippen LogP contribution in [0.3, 0.4) is 0 Å². The lowest BCUT2D eigenvalue weighted by Gasteiger charge is -2.26. The molecule has 0 saturated carbocycles. The predicted octanol–water partition coefficient (Wildman–Crippen LogP) is 4.69. The number of nitrogens with zero attached hydrogens (tertiary/aromatic N) is 2. The summed E-state index contributed by atoms with van der Waals surface area (Å²) < 4.78 is 41.1. The van der Waals surface area contributed by atoms with Crippen LogP contribution in [0.25, 0.3) is 0 Å². The van der Waals surface area contributed by atoms with Gasteiger partial charge in [-0.2, -0.15) is 17.4 Å². The van der Waals surface area contributed by atoms with E-state index in [0.29, 0.717) is 29.2 Å². The molecule has 3 rings (SSSR count). The van der Waals surface area contributed by atoms with Crippen molar-refractivity contribution < 1.29 is 32.6 Å². The van der Waals surface area contributed by atoms with Crippen molar-refractivity contribution in [1.82, 2.24) is 14.0 Å². The van der Waals surface area contributed by atoms with Crippen LogP contribution in [0, 0.1) is 5.92 Å². The third-order valence-electron chi connectivity index (χ3n) is 6.35. The molecule has 0 bridgehead atoms. The van der Waals surface area contributed by atoms with E-state index >= 15 is 0 Å². The molecule has 1 heterocycles. The summed E-state index contributed by atoms with van der Waals surface area (Å²) in [4.78, 5) is 28.6. The standard InChI is InChI=1S/C29H34Cl2N4O7S/c1-18(2)17-35(12-11-20-7-10-22(41-3)14-26(20)42-4)43(39,40)34-25(29(37)38)13-19-5-8-21(9-6-19)33-28(36)27-23(30)15-32-16-24(27)31/h5-10,14-16,18,25,34H,11-13,17H2,1-4H3,(H,33,36)(H,37,38). The molecule has 0 spiro atoms. The molecule has 3 N–H and O–H groups in total. The van der Waals surface area contributed by atoms with Gasteiger partial charge in [0, 0.05) is 37.2 Å². The van der Waals surface area contributed by atoms with Crippen molar-refractivity contribution >= 4 is 51.0 Å². The zero-order valence-electron chi connectivity index (χ0n) is 24.1. The molecule has 0 saturated heterocycles. The van der Waals surface area contributed by atoms with Crippen LogP contribution in [0.5, 0.6) is 11.5 Å². The fourth-order valence-electron chi connectivity index (χ4n) is 4.24. The van der Waals surface area contributed by atoms with Crippen LogP contribution in [-0.4, -0.2) is 68.0 Å². The van der Waals surface area contributed by atoms with E-state index in [1.807, 2.05) is 13.8 Å². The monoisotopic (exact) mass is 652 g/mol. The number of carboxylic acids is 1. The SMILES string of the molecule is COc1ccc(CCN(CC(C)C)S(=O)(=O)NC(Cc2ccc(NC(=O)c3c(Cl)cncc3Cl)cc2)C(=O)O)c(OC)c1. The molecule has 14 heteroatoms. The topological polar surface area (TPSA) is 147 Å². The maximum Gasteiger partial charge on any atom is 0.322 e. The fraction of sp³-hybridized carbons (Fsp3) is 0.345. The van der Waals surface area contributed by atoms with E-state index in [-0.39, 0.29) is 41.0 Å². The van der Waals surface area contributed by atoms with Crippen LogP contribution in [-0.2, 0) is 27.8 Å². The van der Waals surface area contributed by atoms with Crippen LogP contribution in [0.2, 0.25) is 10.0 Å². The minimum atomic E-state index is -4.20. The summed E-state index contributed by atoms with van der Waals surface area (Å²) in [7, 11) is -1.14. The number of nitrogens with one attached hydrogen (secondary N) is 2. The van der Waals surface area contributed by atoms with Crippen LogP contribution in [0.1, 0.15) is 35.3 Å². The molecule has 0 fully saturated rings. The quantitative estimate of drug-likeness (QED) is 0.214. The van der Waals surface area contributed by atoms with Gasteiger partial charge in [-0.05, 0) is 48.1 Å². The molecule has 1 aromatic heterocycles. The highest BCUT2D eigenvalue weighted by atomic mass is 35.5. The highest BCUT2D eigenvalue weighted by molar-refractivity contribution is 7.87. The molecule has 2 aromatic carbocycles. The van der Waals surface area contributed by atoms with E-state index in [9.17, 15) is 23.1 Å². The Morgan fingerprint density at radius 3 is 2.23 bits per heavy atom. The number of halogens is 2. The molecule has 0 aliphatic rings. The number of carbonyl (C=O) groups excluding carboxylic acids is 1. The number of ether oxygens (including phenoxy) is 2. The van der Waals surface area contributed by atoms with Crippen molar-refractivity contribution in [1.29, 1.82) is 0 Å². The molecule has 0 aliphatic heterocycles. The minimum Gasteiger partial charge on any atom is -0.497 e. The number of carbonyl (C=O) groups is 2. The number of aliphatic carboxylic acids is 1. The molecule has 3 aromatic rings. The fourth-order valence-corrected chi connectivity index (χ4v) is 6.29. The summed E-state index contributed by atoms with van der Waals surface area (Å²) in [6, 6.07) is 10.2. The first-order valence-corrected chi connectivity index (χ1v) is 15.4. The van der Waals surface area contributed by atoms with Crippen molar-refractivity contribution in [2.24, 2.45) is 5.92 Å².